The van der Waals surface area contributed by atoms with Gasteiger partial charge in [0, 0.05) is 19.5 Å². The molecule has 0 unspecified atom stereocenters. The molecule has 98 valence electrons. The second kappa shape index (κ2) is 13.0. The predicted molar refractivity (Wildman–Crippen MR) is 75.8 cm³/mol. The molecule has 0 heterocycles. The molecule has 2 heteroatoms. The van der Waals surface area contributed by atoms with E-state index >= 15 is 0 Å². The second-order valence-electron chi connectivity index (χ2n) is 3.93. The maximum Gasteiger partial charge on any atom is 0.0971 e. The van der Waals surface area contributed by atoms with Gasteiger partial charge in [-0.1, -0.05) is 61.7 Å². The third-order valence-corrected chi connectivity index (χ3v) is 2.46. The van der Waals surface area contributed by atoms with Crippen molar-refractivity contribution in [2.24, 2.45) is 0 Å². The number of unbranched alkanes of at least 4 members (excludes halogenated alkanes) is 2. The van der Waals surface area contributed by atoms with Gasteiger partial charge in [-0.3, -0.25) is 0 Å². The monoisotopic (exact) mass is 297 g/mol. The summed E-state index contributed by atoms with van der Waals surface area (Å²) in [4.78, 5) is 0. The van der Waals surface area contributed by atoms with Crippen LogP contribution in [-0.4, -0.2) is 5.11 Å². The molecule has 0 aliphatic rings. The zero-order valence-corrected chi connectivity index (χ0v) is 15.0. The van der Waals surface area contributed by atoms with E-state index in [0.717, 1.165) is 12.0 Å². The molecule has 0 aliphatic heterocycles. The second-order valence-corrected chi connectivity index (χ2v) is 3.93. The van der Waals surface area contributed by atoms with Crippen LogP contribution < -0.4 is 0 Å². The van der Waals surface area contributed by atoms with Gasteiger partial charge in [-0.2, -0.15) is 6.92 Å². The van der Waals surface area contributed by atoms with Crippen molar-refractivity contribution >= 4 is 0 Å². The molecule has 0 fully saturated rings. The van der Waals surface area contributed by atoms with E-state index in [2.05, 4.69) is 19.9 Å². The van der Waals surface area contributed by atoms with Crippen molar-refractivity contribution in [2.45, 2.75) is 46.1 Å². The Balaban J connectivity index is 0. The summed E-state index contributed by atoms with van der Waals surface area (Å²) in [6.45, 7) is 9.22. The molecule has 0 radical (unpaired) electrons. The molecule has 0 saturated heterocycles. The van der Waals surface area contributed by atoms with Crippen molar-refractivity contribution in [1.29, 1.82) is 0 Å². The molecule has 0 amide bonds. The topological polar surface area (TPSA) is 20.2 Å². The largest absolute Gasteiger partial charge is 0.384 e. The van der Waals surface area contributed by atoms with E-state index in [1.54, 1.807) is 6.92 Å². The smallest absolute Gasteiger partial charge is 0.0971 e. The number of benzene rings is 1. The van der Waals surface area contributed by atoms with Crippen molar-refractivity contribution < 1.29 is 24.6 Å². The predicted octanol–water partition coefficient (Wildman–Crippen LogP) is 4.61. The van der Waals surface area contributed by atoms with Gasteiger partial charge >= 0.3 is 0 Å². The van der Waals surface area contributed by atoms with E-state index in [1.807, 2.05) is 37.3 Å². The van der Waals surface area contributed by atoms with E-state index in [0.29, 0.717) is 0 Å². The van der Waals surface area contributed by atoms with Gasteiger partial charge in [0.1, 0.15) is 0 Å². The Morgan fingerprint density at radius 1 is 1.22 bits per heavy atom. The van der Waals surface area contributed by atoms with Crippen molar-refractivity contribution in [2.75, 3.05) is 0 Å². The van der Waals surface area contributed by atoms with Crippen molar-refractivity contribution in [3.05, 3.63) is 54.5 Å². The first-order valence-electron chi connectivity index (χ1n) is 6.36. The van der Waals surface area contributed by atoms with Crippen LogP contribution in [-0.2, 0) is 19.5 Å². The quantitative estimate of drug-likeness (QED) is 0.364. The average Bonchev–Trinajstić information content (AvgIpc) is 2.38. The Bertz CT molecular complexity index is 303. The van der Waals surface area contributed by atoms with E-state index in [-0.39, 0.29) is 19.5 Å². The van der Waals surface area contributed by atoms with Gasteiger partial charge in [-0.25, -0.2) is 0 Å². The molecule has 1 nitrogen and oxygen atoms in total. The first kappa shape index (κ1) is 19.9. The molecule has 1 aromatic carbocycles. The maximum absolute atomic E-state index is 9.82. The maximum atomic E-state index is 9.82. The van der Waals surface area contributed by atoms with Crippen LogP contribution in [0, 0.1) is 13.8 Å². The minimum absolute atomic E-state index is 0. The summed E-state index contributed by atoms with van der Waals surface area (Å²) in [5.74, 6) is 0. The molecule has 0 bridgehead atoms. The Morgan fingerprint density at radius 3 is 2.28 bits per heavy atom. The molecule has 0 saturated carbocycles. The minimum atomic E-state index is -0.456. The minimum Gasteiger partial charge on any atom is -0.384 e. The fourth-order valence-corrected chi connectivity index (χ4v) is 1.42. The molecular weight excluding hydrogens is 274 g/mol. The van der Waals surface area contributed by atoms with Gasteiger partial charge in [0.05, 0.1) is 6.10 Å². The average molecular weight is 299 g/mol. The fourth-order valence-electron chi connectivity index (χ4n) is 1.42. The molecule has 1 rings (SSSR count). The number of allylic oxidation sites excluding steroid dienone is 1. The number of aryl methyl sites for hydroxylation is 1. The summed E-state index contributed by atoms with van der Waals surface area (Å²) in [5, 5.41) is 9.82. The number of aliphatic hydroxyl groups excluding tert-OH is 1. The third kappa shape index (κ3) is 8.61. The molecule has 0 spiro atoms. The third-order valence-electron chi connectivity index (χ3n) is 2.46. The number of hydrogen-bond acceptors (Lipinski definition) is 1. The van der Waals surface area contributed by atoms with Gasteiger partial charge in [0.15, 0.2) is 0 Å². The van der Waals surface area contributed by atoms with Gasteiger partial charge in [-0.15, -0.1) is 0 Å². The van der Waals surface area contributed by atoms with Gasteiger partial charge in [0.2, 0.25) is 0 Å². The summed E-state index contributed by atoms with van der Waals surface area (Å²) in [7, 11) is 0. The standard InChI is InChI=1S/C14H20O.C2H5.Zn/c1-3-4-5-6-7-14(15)13-10-8-12(2)9-11-13;1-2;/h6-11,14-15H,3-5H2,1-2H3;1H2,2H3;/q;-1;/b7-6+;;/t14-;;/m0../s1. The molecule has 1 N–H and O–H groups in total. The molecule has 1 atom stereocenters. The Kier molecular flexibility index (Phi) is 14.3. The van der Waals surface area contributed by atoms with Gasteiger partial charge in [-0.05, 0) is 18.9 Å². The summed E-state index contributed by atoms with van der Waals surface area (Å²) in [5.41, 5.74) is 2.19. The molecule has 1 aromatic rings. The SMILES string of the molecule is CCCC/C=C/[C@H](O)c1ccc(C)cc1.[CH2-]C.[Zn]. The summed E-state index contributed by atoms with van der Waals surface area (Å²) < 4.78 is 0. The Labute approximate surface area is 125 Å². The fraction of sp³-hybridized carbons (Fsp3) is 0.438. The van der Waals surface area contributed by atoms with Crippen LogP contribution in [0.4, 0.5) is 0 Å². The van der Waals surface area contributed by atoms with Crippen LogP contribution in [0.1, 0.15) is 50.3 Å². The Hall–Kier alpha value is -0.457. The summed E-state index contributed by atoms with van der Waals surface area (Å²) in [6, 6.07) is 8.01. The van der Waals surface area contributed by atoms with E-state index < -0.39 is 6.10 Å². The van der Waals surface area contributed by atoms with E-state index in [1.165, 1.54) is 18.4 Å². The van der Waals surface area contributed by atoms with Crippen LogP contribution in [0.2, 0.25) is 0 Å². The molecule has 0 aromatic heterocycles. The normalized spacial score (nSPS) is 11.4. The molecule has 0 aliphatic carbocycles. The number of hydrogen-bond donors (Lipinski definition) is 1. The van der Waals surface area contributed by atoms with Crippen LogP contribution in [0.3, 0.4) is 0 Å². The van der Waals surface area contributed by atoms with Crippen molar-refractivity contribution in [3.8, 4) is 0 Å². The molecule has 18 heavy (non-hydrogen) atoms. The van der Waals surface area contributed by atoms with Gasteiger partial charge < -0.3 is 12.0 Å². The summed E-state index contributed by atoms with van der Waals surface area (Å²) in [6.07, 6.45) is 6.93. The van der Waals surface area contributed by atoms with Crippen molar-refractivity contribution in [3.63, 3.8) is 0 Å². The van der Waals surface area contributed by atoms with Gasteiger partial charge in [0.25, 0.3) is 0 Å². The zero-order valence-electron chi connectivity index (χ0n) is 12.0. The number of rotatable bonds is 5. The van der Waals surface area contributed by atoms with Crippen LogP contribution in [0.5, 0.6) is 0 Å². The van der Waals surface area contributed by atoms with Crippen LogP contribution in [0.15, 0.2) is 36.4 Å². The van der Waals surface area contributed by atoms with E-state index in [9.17, 15) is 5.11 Å². The zero-order chi connectivity index (χ0) is 13.1. The van der Waals surface area contributed by atoms with Crippen LogP contribution >= 0.6 is 0 Å². The summed E-state index contributed by atoms with van der Waals surface area (Å²) >= 11 is 0. The van der Waals surface area contributed by atoms with Crippen molar-refractivity contribution in [1.82, 2.24) is 0 Å². The Morgan fingerprint density at radius 2 is 1.78 bits per heavy atom. The van der Waals surface area contributed by atoms with Crippen LogP contribution in [0.25, 0.3) is 0 Å². The number of aliphatic hydroxyl groups is 1. The first-order chi connectivity index (χ1) is 8.24. The first-order valence-corrected chi connectivity index (χ1v) is 6.36. The molecular formula is C16H25OZn-. The van der Waals surface area contributed by atoms with E-state index in [4.69, 9.17) is 0 Å².